The Morgan fingerprint density at radius 1 is 1.12 bits per heavy atom. The summed E-state index contributed by atoms with van der Waals surface area (Å²) in [5.74, 6) is -0.565. The number of amides is 1. The van der Waals surface area contributed by atoms with E-state index in [1.165, 1.54) is 35.2 Å². The van der Waals surface area contributed by atoms with Crippen LogP contribution in [0.2, 0.25) is 0 Å². The van der Waals surface area contributed by atoms with Gasteiger partial charge in [-0.05, 0) is 36.2 Å². The van der Waals surface area contributed by atoms with Crippen molar-refractivity contribution >= 4 is 5.91 Å². The molecule has 1 aliphatic rings. The van der Waals surface area contributed by atoms with E-state index in [0.717, 1.165) is 5.56 Å². The fraction of sp³-hybridized carbons (Fsp3) is 0.316. The van der Waals surface area contributed by atoms with Gasteiger partial charge in [0.1, 0.15) is 29.6 Å². The second-order valence-corrected chi connectivity index (χ2v) is 6.11. The predicted molar refractivity (Wildman–Crippen MR) is 88.1 cm³/mol. The first-order valence-electron chi connectivity index (χ1n) is 8.14. The third kappa shape index (κ3) is 4.54. The van der Waals surface area contributed by atoms with Gasteiger partial charge in [0.05, 0.1) is 13.1 Å². The summed E-state index contributed by atoms with van der Waals surface area (Å²) in [5, 5.41) is 10.1. The number of nitrogens with zero attached hydrogens (tertiary/aromatic N) is 1. The van der Waals surface area contributed by atoms with Crippen LogP contribution in [0.1, 0.15) is 12.0 Å². The highest BCUT2D eigenvalue weighted by Crippen LogP contribution is 2.20. The second kappa shape index (κ2) is 7.61. The number of aliphatic hydroxyl groups excluding tert-OH is 1. The smallest absolute Gasteiger partial charge is 0.223 e. The molecule has 1 aliphatic heterocycles. The molecule has 1 saturated heterocycles. The topological polar surface area (TPSA) is 49.8 Å². The first-order valence-corrected chi connectivity index (χ1v) is 8.14. The van der Waals surface area contributed by atoms with Gasteiger partial charge in [-0.2, -0.15) is 0 Å². The molecular weight excluding hydrogens is 328 g/mol. The number of aryl methyl sites for hydroxylation is 1. The molecular formula is C19H19F2NO3. The maximum atomic E-state index is 13.2. The Kier molecular flexibility index (Phi) is 5.28. The maximum absolute atomic E-state index is 13.2. The lowest BCUT2D eigenvalue weighted by Gasteiger charge is -2.17. The van der Waals surface area contributed by atoms with Crippen LogP contribution in [-0.2, 0) is 11.2 Å². The van der Waals surface area contributed by atoms with Crippen LogP contribution in [0.25, 0.3) is 0 Å². The minimum atomic E-state index is -0.832. The maximum Gasteiger partial charge on any atom is 0.223 e. The van der Waals surface area contributed by atoms with E-state index in [4.69, 9.17) is 4.74 Å². The zero-order valence-electron chi connectivity index (χ0n) is 13.6. The lowest BCUT2D eigenvalue weighted by atomic mass is 10.1. The number of halogens is 2. The van der Waals surface area contributed by atoms with Crippen LogP contribution in [0.5, 0.6) is 5.75 Å². The van der Waals surface area contributed by atoms with Gasteiger partial charge in [0, 0.05) is 12.5 Å². The average molecular weight is 347 g/mol. The molecule has 0 spiro atoms. The Hall–Kier alpha value is -2.47. The zero-order valence-corrected chi connectivity index (χ0v) is 13.6. The highest BCUT2D eigenvalue weighted by atomic mass is 19.1. The van der Waals surface area contributed by atoms with Crippen molar-refractivity contribution in [3.8, 4) is 5.75 Å². The fourth-order valence-electron chi connectivity index (χ4n) is 2.89. The third-order valence-electron chi connectivity index (χ3n) is 4.19. The molecule has 2 atom stereocenters. The number of likely N-dealkylation sites (tertiary alicyclic amines) is 1. The van der Waals surface area contributed by atoms with Gasteiger partial charge in [0.25, 0.3) is 0 Å². The van der Waals surface area contributed by atoms with Crippen LogP contribution in [0.4, 0.5) is 8.78 Å². The van der Waals surface area contributed by atoms with Crippen molar-refractivity contribution in [2.45, 2.75) is 25.0 Å². The number of carbonyl (C=O) groups excluding carboxylic acids is 1. The number of carbonyl (C=O) groups is 1. The molecule has 25 heavy (non-hydrogen) atoms. The molecule has 1 heterocycles. The molecule has 2 aromatic rings. The summed E-state index contributed by atoms with van der Waals surface area (Å²) in [6.07, 6.45) is -0.775. The van der Waals surface area contributed by atoms with Gasteiger partial charge in [0.2, 0.25) is 5.91 Å². The van der Waals surface area contributed by atoms with E-state index in [9.17, 15) is 18.7 Å². The number of rotatable bonds is 5. The quantitative estimate of drug-likeness (QED) is 0.904. The first-order chi connectivity index (χ1) is 12.0. The minimum Gasteiger partial charge on any atom is -0.486 e. The molecule has 0 saturated carbocycles. The van der Waals surface area contributed by atoms with Crippen LogP contribution in [0, 0.1) is 11.6 Å². The second-order valence-electron chi connectivity index (χ2n) is 6.11. The van der Waals surface area contributed by atoms with Gasteiger partial charge in [-0.15, -0.1) is 0 Å². The molecule has 0 aliphatic carbocycles. The van der Waals surface area contributed by atoms with E-state index in [0.29, 0.717) is 12.2 Å². The Labute approximate surface area is 144 Å². The summed E-state index contributed by atoms with van der Waals surface area (Å²) in [7, 11) is 0. The van der Waals surface area contributed by atoms with E-state index >= 15 is 0 Å². The van der Waals surface area contributed by atoms with E-state index in [1.54, 1.807) is 18.2 Å². The zero-order chi connectivity index (χ0) is 17.8. The molecule has 1 N–H and O–H groups in total. The Balaban J connectivity index is 1.54. The molecule has 3 rings (SSSR count). The lowest BCUT2D eigenvalue weighted by molar-refractivity contribution is -0.130. The molecule has 0 bridgehead atoms. The predicted octanol–water partition coefficient (Wildman–Crippen LogP) is 2.55. The molecule has 6 heteroatoms. The van der Waals surface area contributed by atoms with Crippen LogP contribution >= 0.6 is 0 Å². The fourth-order valence-corrected chi connectivity index (χ4v) is 2.89. The molecule has 0 radical (unpaired) electrons. The summed E-state index contributed by atoms with van der Waals surface area (Å²) in [5.41, 5.74) is 0.751. The van der Waals surface area contributed by atoms with E-state index in [2.05, 4.69) is 0 Å². The Bertz CT molecular complexity index is 753. The first kappa shape index (κ1) is 17.4. The molecule has 1 fully saturated rings. The van der Waals surface area contributed by atoms with Gasteiger partial charge < -0.3 is 14.7 Å². The van der Waals surface area contributed by atoms with Crippen molar-refractivity contribution in [1.29, 1.82) is 0 Å². The van der Waals surface area contributed by atoms with Gasteiger partial charge >= 0.3 is 0 Å². The summed E-state index contributed by atoms with van der Waals surface area (Å²) < 4.78 is 32.0. The number of ether oxygens (including phenoxy) is 1. The number of hydrogen-bond donors (Lipinski definition) is 1. The number of hydrogen-bond acceptors (Lipinski definition) is 3. The van der Waals surface area contributed by atoms with E-state index < -0.39 is 18.0 Å². The normalized spacial score (nSPS) is 19.9. The minimum absolute atomic E-state index is 0.131. The highest BCUT2D eigenvalue weighted by Gasteiger charge is 2.35. The van der Waals surface area contributed by atoms with E-state index in [1.807, 2.05) is 0 Å². The van der Waals surface area contributed by atoms with Crippen molar-refractivity contribution < 1.29 is 23.4 Å². The number of aliphatic hydroxyl groups is 1. The summed E-state index contributed by atoms with van der Waals surface area (Å²) in [6.45, 7) is 0.404. The van der Waals surface area contributed by atoms with Crippen LogP contribution < -0.4 is 4.74 Å². The molecule has 4 nitrogen and oxygen atoms in total. The number of benzene rings is 2. The van der Waals surface area contributed by atoms with Crippen molar-refractivity contribution in [2.75, 3.05) is 13.1 Å². The van der Waals surface area contributed by atoms with Crippen LogP contribution in [-0.4, -0.2) is 41.2 Å². The van der Waals surface area contributed by atoms with Crippen molar-refractivity contribution in [2.24, 2.45) is 0 Å². The summed E-state index contributed by atoms with van der Waals surface area (Å²) in [6, 6.07) is 11.8. The highest BCUT2D eigenvalue weighted by molar-refractivity contribution is 5.77. The average Bonchev–Trinajstić information content (AvgIpc) is 2.94. The van der Waals surface area contributed by atoms with Gasteiger partial charge in [-0.25, -0.2) is 8.78 Å². The standard InChI is InChI=1S/C19H19F2NO3/c20-14-4-1-3-13(9-14)7-8-19(24)22-11-17(23)18(12-22)25-16-6-2-5-15(21)10-16/h1-6,9-10,17-18,23H,7-8,11-12H2/t17-,18-/m1/s1. The summed E-state index contributed by atoms with van der Waals surface area (Å²) >= 11 is 0. The molecule has 0 unspecified atom stereocenters. The SMILES string of the molecule is O=C(CCc1cccc(F)c1)N1C[C@@H](O)[C@H](Oc2cccc(F)c2)C1. The van der Waals surface area contributed by atoms with Gasteiger partial charge in [-0.1, -0.05) is 18.2 Å². The Morgan fingerprint density at radius 3 is 2.56 bits per heavy atom. The number of β-amino-alcohol motifs (C(OH)–C–C–N with tert-alkyl or cyclic N) is 1. The Morgan fingerprint density at radius 2 is 1.84 bits per heavy atom. The van der Waals surface area contributed by atoms with Crippen molar-refractivity contribution in [3.63, 3.8) is 0 Å². The van der Waals surface area contributed by atoms with Crippen LogP contribution in [0.3, 0.4) is 0 Å². The van der Waals surface area contributed by atoms with Gasteiger partial charge in [0.15, 0.2) is 0 Å². The molecule has 2 aromatic carbocycles. The van der Waals surface area contributed by atoms with Crippen molar-refractivity contribution in [3.05, 3.63) is 65.7 Å². The lowest BCUT2D eigenvalue weighted by Crippen LogP contribution is -2.31. The molecule has 0 aromatic heterocycles. The van der Waals surface area contributed by atoms with Crippen molar-refractivity contribution in [1.82, 2.24) is 4.90 Å². The monoisotopic (exact) mass is 347 g/mol. The van der Waals surface area contributed by atoms with Crippen LogP contribution in [0.15, 0.2) is 48.5 Å². The van der Waals surface area contributed by atoms with Gasteiger partial charge in [-0.3, -0.25) is 4.79 Å². The molecule has 1 amide bonds. The van der Waals surface area contributed by atoms with E-state index in [-0.39, 0.29) is 31.2 Å². The largest absolute Gasteiger partial charge is 0.486 e. The summed E-state index contributed by atoms with van der Waals surface area (Å²) in [4.78, 5) is 13.8. The third-order valence-corrected chi connectivity index (χ3v) is 4.19. The molecule has 132 valence electrons.